The number of hydrogen-bond acceptors (Lipinski definition) is 2. The zero-order valence-electron chi connectivity index (χ0n) is 14.9. The van der Waals surface area contributed by atoms with Crippen molar-refractivity contribution < 1.29 is 9.18 Å². The van der Waals surface area contributed by atoms with Crippen molar-refractivity contribution in [2.75, 3.05) is 16.8 Å². The minimum atomic E-state index is -0.153. The number of carbonyl (C=O) groups is 1. The van der Waals surface area contributed by atoms with Gasteiger partial charge in [-0.25, -0.2) is 4.39 Å². The van der Waals surface area contributed by atoms with Gasteiger partial charge in [0.2, 0.25) is 5.91 Å². The highest BCUT2D eigenvalue weighted by molar-refractivity contribution is 5.92. The number of hydrogen-bond donors (Lipinski definition) is 1. The van der Waals surface area contributed by atoms with Crippen LogP contribution in [0.5, 0.6) is 0 Å². The second-order valence-corrected chi connectivity index (χ2v) is 6.65. The van der Waals surface area contributed by atoms with Crippen LogP contribution in [-0.2, 0) is 24.2 Å². The molecule has 1 N–H and O–H groups in total. The standard InChI is InChI=1S/C21H25FN2O/c1-3-5-17-9-10-19(13-20(17)22)23-14-16-7-8-18-6-4-11-24(15(2)25)21(18)12-16/h7-10,12-13,23H,3-6,11,14H2,1-2H3. The third kappa shape index (κ3) is 4.01. The molecule has 0 saturated carbocycles. The van der Waals surface area contributed by atoms with Gasteiger partial charge < -0.3 is 10.2 Å². The maximum Gasteiger partial charge on any atom is 0.223 e. The smallest absolute Gasteiger partial charge is 0.223 e. The lowest BCUT2D eigenvalue weighted by molar-refractivity contribution is -0.116. The maximum atomic E-state index is 14.0. The molecule has 0 radical (unpaired) electrons. The zero-order valence-corrected chi connectivity index (χ0v) is 14.9. The Balaban J connectivity index is 1.73. The van der Waals surface area contributed by atoms with Crippen molar-refractivity contribution in [2.45, 2.75) is 46.1 Å². The van der Waals surface area contributed by atoms with Gasteiger partial charge in [-0.15, -0.1) is 0 Å². The molecule has 0 saturated heterocycles. The molecular weight excluding hydrogens is 315 g/mol. The molecule has 2 aromatic carbocycles. The molecule has 25 heavy (non-hydrogen) atoms. The number of anilines is 2. The van der Waals surface area contributed by atoms with Crippen molar-refractivity contribution in [1.82, 2.24) is 0 Å². The number of aryl methyl sites for hydroxylation is 2. The van der Waals surface area contributed by atoms with Gasteiger partial charge in [-0.05, 0) is 54.2 Å². The monoisotopic (exact) mass is 340 g/mol. The van der Waals surface area contributed by atoms with Crippen molar-refractivity contribution in [3.8, 4) is 0 Å². The number of nitrogens with one attached hydrogen (secondary N) is 1. The van der Waals surface area contributed by atoms with Crippen molar-refractivity contribution in [1.29, 1.82) is 0 Å². The minimum Gasteiger partial charge on any atom is -0.381 e. The van der Waals surface area contributed by atoms with E-state index in [0.717, 1.165) is 54.7 Å². The molecule has 3 nitrogen and oxygen atoms in total. The SMILES string of the molecule is CCCc1ccc(NCc2ccc3c(c2)N(C(C)=O)CCC3)cc1F. The molecule has 0 spiro atoms. The Hall–Kier alpha value is -2.36. The predicted octanol–water partition coefficient (Wildman–Crippen LogP) is 4.69. The van der Waals surface area contributed by atoms with Crippen molar-refractivity contribution in [3.63, 3.8) is 0 Å². The summed E-state index contributed by atoms with van der Waals surface area (Å²) in [6.45, 7) is 5.04. The summed E-state index contributed by atoms with van der Waals surface area (Å²) in [4.78, 5) is 13.7. The molecule has 2 aromatic rings. The molecule has 3 rings (SSSR count). The van der Waals surface area contributed by atoms with E-state index in [1.165, 1.54) is 5.56 Å². The van der Waals surface area contributed by atoms with E-state index in [4.69, 9.17) is 0 Å². The first kappa shape index (κ1) is 17.5. The fourth-order valence-electron chi connectivity index (χ4n) is 3.39. The first-order chi connectivity index (χ1) is 12.1. The van der Waals surface area contributed by atoms with Crippen molar-refractivity contribution >= 4 is 17.3 Å². The van der Waals surface area contributed by atoms with Crippen LogP contribution in [0.1, 0.15) is 43.4 Å². The Morgan fingerprint density at radius 2 is 2.08 bits per heavy atom. The van der Waals surface area contributed by atoms with Crippen LogP contribution in [0.25, 0.3) is 0 Å². The van der Waals surface area contributed by atoms with Gasteiger partial charge in [0.25, 0.3) is 0 Å². The number of carbonyl (C=O) groups excluding carboxylic acids is 1. The molecule has 1 heterocycles. The van der Waals surface area contributed by atoms with Gasteiger partial charge in [0.05, 0.1) is 0 Å². The summed E-state index contributed by atoms with van der Waals surface area (Å²) in [5.74, 6) is -0.0697. The first-order valence-electron chi connectivity index (χ1n) is 9.00. The molecule has 0 aromatic heterocycles. The largest absolute Gasteiger partial charge is 0.381 e. The first-order valence-corrected chi connectivity index (χ1v) is 9.00. The topological polar surface area (TPSA) is 32.3 Å². The molecule has 1 amide bonds. The van der Waals surface area contributed by atoms with E-state index in [1.54, 1.807) is 13.0 Å². The quantitative estimate of drug-likeness (QED) is 0.856. The lowest BCUT2D eigenvalue weighted by Gasteiger charge is -2.29. The molecule has 0 atom stereocenters. The molecule has 0 aliphatic carbocycles. The number of amides is 1. The van der Waals surface area contributed by atoms with Gasteiger partial charge in [0, 0.05) is 31.4 Å². The van der Waals surface area contributed by atoms with Gasteiger partial charge in [-0.2, -0.15) is 0 Å². The summed E-state index contributed by atoms with van der Waals surface area (Å²) in [6, 6.07) is 11.6. The molecule has 1 aliphatic heterocycles. The van der Waals surface area contributed by atoms with E-state index >= 15 is 0 Å². The maximum absolute atomic E-state index is 14.0. The fraction of sp³-hybridized carbons (Fsp3) is 0.381. The molecule has 0 bridgehead atoms. The van der Waals surface area contributed by atoms with Gasteiger partial charge in [-0.1, -0.05) is 31.5 Å². The average Bonchev–Trinajstić information content (AvgIpc) is 2.61. The summed E-state index contributed by atoms with van der Waals surface area (Å²) in [5, 5.41) is 3.28. The minimum absolute atomic E-state index is 0.0830. The van der Waals surface area contributed by atoms with Gasteiger partial charge in [-0.3, -0.25) is 4.79 Å². The van der Waals surface area contributed by atoms with Gasteiger partial charge in [0.15, 0.2) is 0 Å². The zero-order chi connectivity index (χ0) is 17.8. The Morgan fingerprint density at radius 1 is 1.24 bits per heavy atom. The lowest BCUT2D eigenvalue weighted by atomic mass is 9.99. The van der Waals surface area contributed by atoms with Crippen LogP contribution in [0.4, 0.5) is 15.8 Å². The van der Waals surface area contributed by atoms with Gasteiger partial charge >= 0.3 is 0 Å². The highest BCUT2D eigenvalue weighted by atomic mass is 19.1. The molecule has 132 valence electrons. The van der Waals surface area contributed by atoms with Crippen LogP contribution in [0, 0.1) is 5.82 Å². The summed E-state index contributed by atoms with van der Waals surface area (Å²) in [6.07, 6.45) is 3.72. The number of benzene rings is 2. The highest BCUT2D eigenvalue weighted by Crippen LogP contribution is 2.28. The van der Waals surface area contributed by atoms with Crippen molar-refractivity contribution in [3.05, 3.63) is 58.9 Å². The second kappa shape index (κ2) is 7.68. The van der Waals surface area contributed by atoms with Crippen LogP contribution >= 0.6 is 0 Å². The predicted molar refractivity (Wildman–Crippen MR) is 101 cm³/mol. The third-order valence-corrected chi connectivity index (χ3v) is 4.72. The molecule has 0 fully saturated rings. The fourth-order valence-corrected chi connectivity index (χ4v) is 3.39. The molecule has 1 aliphatic rings. The van der Waals surface area contributed by atoms with Crippen LogP contribution < -0.4 is 10.2 Å². The van der Waals surface area contributed by atoms with Crippen molar-refractivity contribution in [2.24, 2.45) is 0 Å². The van der Waals surface area contributed by atoms with Crippen LogP contribution in [0.3, 0.4) is 0 Å². The Bertz CT molecular complexity index is 772. The number of fused-ring (bicyclic) bond motifs is 1. The molecular formula is C21H25FN2O. The summed E-state index contributed by atoms with van der Waals surface area (Å²) < 4.78 is 14.0. The van der Waals surface area contributed by atoms with E-state index in [2.05, 4.69) is 23.5 Å². The van der Waals surface area contributed by atoms with E-state index in [-0.39, 0.29) is 11.7 Å². The Kier molecular flexibility index (Phi) is 5.37. The lowest BCUT2D eigenvalue weighted by Crippen LogP contribution is -2.33. The number of halogens is 1. The van der Waals surface area contributed by atoms with E-state index in [0.29, 0.717) is 6.54 Å². The normalized spacial score (nSPS) is 13.5. The summed E-state index contributed by atoms with van der Waals surface area (Å²) in [7, 11) is 0. The van der Waals surface area contributed by atoms with Gasteiger partial charge in [0.1, 0.15) is 5.82 Å². The molecule has 0 unspecified atom stereocenters. The highest BCUT2D eigenvalue weighted by Gasteiger charge is 2.20. The summed E-state index contributed by atoms with van der Waals surface area (Å²) >= 11 is 0. The van der Waals surface area contributed by atoms with E-state index < -0.39 is 0 Å². The number of nitrogens with zero attached hydrogens (tertiary/aromatic N) is 1. The van der Waals surface area contributed by atoms with Crippen LogP contribution in [0.15, 0.2) is 36.4 Å². The number of rotatable bonds is 5. The average molecular weight is 340 g/mol. The Morgan fingerprint density at radius 3 is 2.80 bits per heavy atom. The third-order valence-electron chi connectivity index (χ3n) is 4.72. The molecule has 4 heteroatoms. The second-order valence-electron chi connectivity index (χ2n) is 6.65. The van der Waals surface area contributed by atoms with Crippen LogP contribution in [-0.4, -0.2) is 12.5 Å². The summed E-state index contributed by atoms with van der Waals surface area (Å²) in [5.41, 5.74) is 4.87. The Labute approximate surface area is 148 Å². The van der Waals surface area contributed by atoms with E-state index in [9.17, 15) is 9.18 Å². The van der Waals surface area contributed by atoms with E-state index in [1.807, 2.05) is 24.0 Å². The van der Waals surface area contributed by atoms with Crippen LogP contribution in [0.2, 0.25) is 0 Å².